The quantitative estimate of drug-likeness (QED) is 0.134. The van der Waals surface area contributed by atoms with E-state index < -0.39 is 0 Å². The predicted octanol–water partition coefficient (Wildman–Crippen LogP) is 9.89. The van der Waals surface area contributed by atoms with Crippen LogP contribution in [0.5, 0.6) is 0 Å². The molecular weight excluding hydrogens is 418 g/mol. The van der Waals surface area contributed by atoms with Crippen molar-refractivity contribution >= 4 is 28.1 Å². The first-order valence-electron chi connectivity index (χ1n) is 13.0. The Bertz CT molecular complexity index is 892. The van der Waals surface area contributed by atoms with E-state index >= 15 is 0 Å². The van der Waals surface area contributed by atoms with E-state index in [0.717, 1.165) is 37.1 Å². The Kier molecular flexibility index (Phi) is 13.6. The van der Waals surface area contributed by atoms with Gasteiger partial charge < -0.3 is 0 Å². The van der Waals surface area contributed by atoms with Gasteiger partial charge in [0, 0.05) is 10.4 Å². The predicted molar refractivity (Wildman–Crippen MR) is 150 cm³/mol. The largest absolute Gasteiger partial charge is 0.236 e. The molecule has 178 valence electrons. The Hall–Kier alpha value is -2.11. The van der Waals surface area contributed by atoms with E-state index in [1.807, 2.05) is 11.3 Å². The fourth-order valence-corrected chi connectivity index (χ4v) is 5.32. The molecule has 0 unspecified atom stereocenters. The molecule has 0 radical (unpaired) electrons. The third-order valence-electron chi connectivity index (χ3n) is 6.13. The monoisotopic (exact) mass is 461 g/mol. The van der Waals surface area contributed by atoms with Crippen molar-refractivity contribution in [2.45, 2.75) is 104 Å². The number of thiophene rings is 1. The first-order valence-corrected chi connectivity index (χ1v) is 13.9. The molecule has 0 amide bonds. The van der Waals surface area contributed by atoms with E-state index in [9.17, 15) is 0 Å². The van der Waals surface area contributed by atoms with Crippen molar-refractivity contribution in [3.8, 4) is 12.3 Å². The summed E-state index contributed by atoms with van der Waals surface area (Å²) in [6.45, 7) is 6.65. The van der Waals surface area contributed by atoms with Crippen molar-refractivity contribution in [3.05, 3.63) is 58.0 Å². The van der Waals surface area contributed by atoms with Crippen LogP contribution in [0.4, 0.5) is 5.00 Å². The summed E-state index contributed by atoms with van der Waals surface area (Å²) in [4.78, 5) is 6.07. The molecule has 33 heavy (non-hydrogen) atoms. The number of terminal acetylenes is 1. The molecule has 0 N–H and O–H groups in total. The van der Waals surface area contributed by atoms with Gasteiger partial charge in [-0.2, -0.15) is 0 Å². The van der Waals surface area contributed by atoms with Crippen LogP contribution in [0.1, 0.15) is 106 Å². The number of benzene rings is 1. The van der Waals surface area contributed by atoms with Gasteiger partial charge in [-0.15, -0.1) is 17.8 Å². The Balaban J connectivity index is 1.96. The van der Waals surface area contributed by atoms with Crippen LogP contribution < -0.4 is 0 Å². The summed E-state index contributed by atoms with van der Waals surface area (Å²) >= 11 is 1.83. The second-order valence-corrected chi connectivity index (χ2v) is 10.2. The van der Waals surface area contributed by atoms with Gasteiger partial charge in [-0.25, -0.2) is 4.99 Å². The highest BCUT2D eigenvalue weighted by Crippen LogP contribution is 2.38. The molecule has 0 aliphatic carbocycles. The van der Waals surface area contributed by atoms with E-state index in [2.05, 4.69) is 68.1 Å². The van der Waals surface area contributed by atoms with Crippen LogP contribution in [0.25, 0.3) is 5.57 Å². The van der Waals surface area contributed by atoms with Crippen LogP contribution in [-0.4, -0.2) is 6.21 Å². The summed E-state index contributed by atoms with van der Waals surface area (Å²) in [6.07, 6.45) is 25.9. The van der Waals surface area contributed by atoms with Gasteiger partial charge in [-0.05, 0) is 62.7 Å². The molecule has 1 aromatic carbocycles. The van der Waals surface area contributed by atoms with Gasteiger partial charge in [0.2, 0.25) is 0 Å². The fraction of sp³-hybridized carbons (Fsp3) is 0.516. The number of aryl methyl sites for hydroxylation is 3. The highest BCUT2D eigenvalue weighted by molar-refractivity contribution is 7.16. The molecule has 2 rings (SSSR count). The van der Waals surface area contributed by atoms with Crippen LogP contribution >= 0.6 is 11.3 Å². The van der Waals surface area contributed by atoms with Crippen LogP contribution in [-0.2, 0) is 12.8 Å². The van der Waals surface area contributed by atoms with Gasteiger partial charge in [-0.3, -0.25) is 0 Å². The number of nitrogens with zero attached hydrogens (tertiary/aromatic N) is 1. The lowest BCUT2D eigenvalue weighted by atomic mass is 9.98. The van der Waals surface area contributed by atoms with Crippen LogP contribution in [0.3, 0.4) is 0 Å². The number of hydrogen-bond donors (Lipinski definition) is 0. The van der Waals surface area contributed by atoms with E-state index in [4.69, 9.17) is 6.42 Å². The van der Waals surface area contributed by atoms with Crippen molar-refractivity contribution in [1.82, 2.24) is 0 Å². The Morgan fingerprint density at radius 3 is 2.30 bits per heavy atom. The Morgan fingerprint density at radius 1 is 0.939 bits per heavy atom. The van der Waals surface area contributed by atoms with Crippen LogP contribution in [0.2, 0.25) is 0 Å². The number of allylic oxidation sites excluding steroid dienone is 2. The first-order chi connectivity index (χ1) is 16.2. The average Bonchev–Trinajstić information content (AvgIpc) is 3.23. The third kappa shape index (κ3) is 10.6. The Morgan fingerprint density at radius 2 is 1.64 bits per heavy atom. The summed E-state index contributed by atoms with van der Waals surface area (Å²) in [5.74, 6) is 2.57. The maximum absolute atomic E-state index is 5.47. The number of rotatable bonds is 16. The molecule has 0 aliphatic rings. The summed E-state index contributed by atoms with van der Waals surface area (Å²) in [6, 6.07) is 11.3. The summed E-state index contributed by atoms with van der Waals surface area (Å²) in [5.41, 5.74) is 5.46. The number of unbranched alkanes of at least 4 members (excludes halogenated alkanes) is 7. The zero-order chi connectivity index (χ0) is 23.7. The normalized spacial score (nSPS) is 11.9. The lowest BCUT2D eigenvalue weighted by molar-refractivity contribution is 0.576. The topological polar surface area (TPSA) is 12.4 Å². The SMILES string of the molecule is C#C/C=N\c1sc(CCCCCCCCCC)cc1C(=CCC)CCCc1ccc(C)cc1. The second-order valence-electron chi connectivity index (χ2n) is 9.06. The number of aliphatic imine (C=N–C) groups is 1. The minimum absolute atomic E-state index is 1.04. The fourth-order valence-electron chi connectivity index (χ4n) is 4.24. The van der Waals surface area contributed by atoms with Gasteiger partial charge in [0.05, 0.1) is 6.21 Å². The van der Waals surface area contributed by atoms with E-state index in [1.165, 1.54) is 78.5 Å². The maximum Gasteiger partial charge on any atom is 0.124 e. The Labute approximate surface area is 207 Å². The van der Waals surface area contributed by atoms with Crippen molar-refractivity contribution in [2.24, 2.45) is 4.99 Å². The molecule has 1 heterocycles. The van der Waals surface area contributed by atoms with Crippen molar-refractivity contribution in [3.63, 3.8) is 0 Å². The van der Waals surface area contributed by atoms with Gasteiger partial charge >= 0.3 is 0 Å². The molecule has 0 atom stereocenters. The van der Waals surface area contributed by atoms with Crippen molar-refractivity contribution in [1.29, 1.82) is 0 Å². The minimum Gasteiger partial charge on any atom is -0.236 e. The molecule has 0 aliphatic heterocycles. The van der Waals surface area contributed by atoms with E-state index in [0.29, 0.717) is 0 Å². The van der Waals surface area contributed by atoms with Gasteiger partial charge in [0.1, 0.15) is 5.00 Å². The molecule has 0 saturated heterocycles. The van der Waals surface area contributed by atoms with Gasteiger partial charge in [-0.1, -0.05) is 101 Å². The summed E-state index contributed by atoms with van der Waals surface area (Å²) in [7, 11) is 0. The third-order valence-corrected chi connectivity index (χ3v) is 7.23. The van der Waals surface area contributed by atoms with Gasteiger partial charge in [0.15, 0.2) is 0 Å². The first kappa shape index (κ1) is 27.1. The molecule has 0 bridgehead atoms. The molecule has 1 nitrogen and oxygen atoms in total. The van der Waals surface area contributed by atoms with Crippen molar-refractivity contribution < 1.29 is 0 Å². The lowest BCUT2D eigenvalue weighted by Gasteiger charge is -2.08. The molecule has 2 heteroatoms. The van der Waals surface area contributed by atoms with E-state index in [-0.39, 0.29) is 0 Å². The molecule has 2 aromatic rings. The van der Waals surface area contributed by atoms with E-state index in [1.54, 1.807) is 6.21 Å². The smallest absolute Gasteiger partial charge is 0.124 e. The lowest BCUT2D eigenvalue weighted by Crippen LogP contribution is -1.90. The van der Waals surface area contributed by atoms with Gasteiger partial charge in [0.25, 0.3) is 0 Å². The maximum atomic E-state index is 5.47. The number of hydrogen-bond acceptors (Lipinski definition) is 2. The van der Waals surface area contributed by atoms with Crippen molar-refractivity contribution in [2.75, 3.05) is 0 Å². The minimum atomic E-state index is 1.04. The zero-order valence-corrected chi connectivity index (χ0v) is 22.0. The van der Waals surface area contributed by atoms with Crippen LogP contribution in [0.15, 0.2) is 41.4 Å². The molecule has 0 fully saturated rings. The molecule has 1 aromatic heterocycles. The average molecular weight is 462 g/mol. The summed E-state index contributed by atoms with van der Waals surface area (Å²) in [5, 5.41) is 1.08. The molecular formula is C31H43NS. The second kappa shape index (κ2) is 16.5. The highest BCUT2D eigenvalue weighted by atomic mass is 32.1. The molecule has 0 saturated carbocycles. The molecule has 0 spiro atoms. The standard InChI is InChI=1S/C31H43NS/c1-5-8-9-10-11-12-13-14-19-29-25-30(31(33-29)32-24-7-3)28(16-6-2)18-15-17-27-22-20-26(4)21-23-27/h3,16,20-25H,5-6,8-15,17-19H2,1-2,4H3/b28-16?,32-24-. The highest BCUT2D eigenvalue weighted by Gasteiger charge is 2.13. The van der Waals surface area contributed by atoms with Crippen LogP contribution in [0, 0.1) is 19.3 Å². The zero-order valence-electron chi connectivity index (χ0n) is 21.2. The summed E-state index contributed by atoms with van der Waals surface area (Å²) < 4.78 is 0.